The van der Waals surface area contributed by atoms with Crippen LogP contribution in [0.1, 0.15) is 51.9 Å². The molecule has 8 heteroatoms. The van der Waals surface area contributed by atoms with Crippen molar-refractivity contribution in [2.75, 3.05) is 12.4 Å². The number of nitrogens with one attached hydrogen (secondary N) is 1. The van der Waals surface area contributed by atoms with Crippen molar-refractivity contribution in [2.45, 2.75) is 70.7 Å². The zero-order valence-electron chi connectivity index (χ0n) is 18.5. The van der Waals surface area contributed by atoms with E-state index >= 15 is 4.39 Å². The van der Waals surface area contributed by atoms with Crippen molar-refractivity contribution in [1.82, 2.24) is 14.5 Å². The van der Waals surface area contributed by atoms with Crippen molar-refractivity contribution in [3.8, 4) is 11.3 Å². The number of methoxy groups -OCH3 is 1. The lowest BCUT2D eigenvalue weighted by Gasteiger charge is -2.38. The van der Waals surface area contributed by atoms with Gasteiger partial charge in [0.05, 0.1) is 11.6 Å². The number of benzene rings is 1. The summed E-state index contributed by atoms with van der Waals surface area (Å²) in [6.45, 7) is 8.28. The summed E-state index contributed by atoms with van der Waals surface area (Å²) >= 11 is 6.73. The highest BCUT2D eigenvalue weighted by atomic mass is 35.5. The normalized spacial score (nSPS) is 25.0. The highest BCUT2D eigenvalue weighted by Gasteiger charge is 2.56. The van der Waals surface area contributed by atoms with E-state index in [9.17, 15) is 0 Å². The number of hydrogen-bond acceptors (Lipinski definition) is 4. The first-order valence-electron chi connectivity index (χ1n) is 10.8. The third-order valence-electron chi connectivity index (χ3n) is 6.99. The van der Waals surface area contributed by atoms with Crippen molar-refractivity contribution in [3.05, 3.63) is 35.0 Å². The van der Waals surface area contributed by atoms with Gasteiger partial charge in [-0.2, -0.15) is 0 Å². The van der Waals surface area contributed by atoms with Gasteiger partial charge in [0.15, 0.2) is 5.82 Å². The first kappa shape index (κ1) is 20.6. The second-order valence-electron chi connectivity index (χ2n) is 9.21. The molecule has 0 amide bonds. The molecular formula is C23H28ClFN5O+. The summed E-state index contributed by atoms with van der Waals surface area (Å²) in [7, 11) is 1.76. The third-order valence-corrected chi connectivity index (χ3v) is 7.26. The minimum atomic E-state index is -0.344. The van der Waals surface area contributed by atoms with Gasteiger partial charge in [-0.3, -0.25) is 5.32 Å². The van der Waals surface area contributed by atoms with E-state index in [0.717, 1.165) is 47.8 Å². The van der Waals surface area contributed by atoms with Crippen LogP contribution in [0.3, 0.4) is 0 Å². The highest BCUT2D eigenvalue weighted by molar-refractivity contribution is 6.32. The summed E-state index contributed by atoms with van der Waals surface area (Å²) in [4.78, 5) is 9.04. The molecule has 164 valence electrons. The lowest BCUT2D eigenvalue weighted by Crippen LogP contribution is -2.62. The third kappa shape index (κ3) is 2.89. The maximum atomic E-state index is 15.2. The fourth-order valence-corrected chi connectivity index (χ4v) is 5.89. The summed E-state index contributed by atoms with van der Waals surface area (Å²) in [6, 6.07) is 3.78. The Morgan fingerprint density at radius 1 is 1.39 bits per heavy atom. The Labute approximate surface area is 186 Å². The van der Waals surface area contributed by atoms with Crippen LogP contribution in [0.4, 0.5) is 10.3 Å². The quantitative estimate of drug-likeness (QED) is 0.591. The van der Waals surface area contributed by atoms with Crippen molar-refractivity contribution in [2.24, 2.45) is 0 Å². The smallest absolute Gasteiger partial charge is 0.378 e. The lowest BCUT2D eigenvalue weighted by atomic mass is 9.77. The molecule has 3 unspecified atom stereocenters. The zero-order chi connectivity index (χ0) is 22.1. The molecule has 0 bridgehead atoms. The number of aryl methyl sites for hydroxylation is 1. The van der Waals surface area contributed by atoms with Gasteiger partial charge in [-0.25, -0.2) is 13.9 Å². The Morgan fingerprint density at radius 2 is 2.16 bits per heavy atom. The minimum absolute atomic E-state index is 0.0768. The van der Waals surface area contributed by atoms with E-state index in [0.29, 0.717) is 10.5 Å². The number of hydrogen-bond donors (Lipinski definition) is 1. The predicted octanol–water partition coefficient (Wildman–Crippen LogP) is 4.78. The fraction of sp³-hybridized carbons (Fsp3) is 0.522. The molecule has 0 radical (unpaired) electrons. The van der Waals surface area contributed by atoms with Crippen molar-refractivity contribution >= 4 is 28.6 Å². The van der Waals surface area contributed by atoms with Gasteiger partial charge in [0, 0.05) is 18.7 Å². The average molecular weight is 445 g/mol. The molecule has 6 nitrogen and oxygen atoms in total. The van der Waals surface area contributed by atoms with E-state index in [1.165, 1.54) is 0 Å². The number of halogens is 2. The van der Waals surface area contributed by atoms with Crippen molar-refractivity contribution in [3.63, 3.8) is 0 Å². The number of anilines is 1. The number of fused-ring (bicyclic) bond motifs is 4. The van der Waals surface area contributed by atoms with E-state index < -0.39 is 0 Å². The summed E-state index contributed by atoms with van der Waals surface area (Å²) in [5.74, 6) is 1.19. The van der Waals surface area contributed by atoms with Crippen molar-refractivity contribution < 1.29 is 13.7 Å². The molecule has 1 aromatic carbocycles. The molecule has 3 atom stereocenters. The van der Waals surface area contributed by atoms with Gasteiger partial charge in [0.2, 0.25) is 0 Å². The molecular weight excluding hydrogens is 417 g/mol. The zero-order valence-corrected chi connectivity index (χ0v) is 19.3. The summed E-state index contributed by atoms with van der Waals surface area (Å²) in [6.07, 6.45) is 4.72. The first-order valence-corrected chi connectivity index (χ1v) is 11.2. The average Bonchev–Trinajstić information content (AvgIpc) is 3.22. The van der Waals surface area contributed by atoms with Gasteiger partial charge in [-0.05, 0) is 59.1 Å². The van der Waals surface area contributed by atoms with Gasteiger partial charge >= 0.3 is 5.95 Å². The van der Waals surface area contributed by atoms with Gasteiger partial charge in [-0.1, -0.05) is 16.6 Å². The molecule has 1 N–H and O–H groups in total. The number of imidazole rings is 1. The summed E-state index contributed by atoms with van der Waals surface area (Å²) in [5.41, 5.74) is 2.39. The molecule has 1 aliphatic heterocycles. The largest absolute Gasteiger partial charge is 0.393 e. The Morgan fingerprint density at radius 3 is 2.87 bits per heavy atom. The Bertz CT molecular complexity index is 1190. The van der Waals surface area contributed by atoms with E-state index in [-0.39, 0.29) is 29.5 Å². The van der Waals surface area contributed by atoms with Crippen LogP contribution in [0, 0.1) is 12.7 Å². The number of rotatable bonds is 3. The van der Waals surface area contributed by atoms with Crippen LogP contribution >= 0.6 is 11.6 Å². The molecule has 5 rings (SSSR count). The fourth-order valence-electron chi connectivity index (χ4n) is 5.65. The minimum Gasteiger partial charge on any atom is -0.378 e. The maximum Gasteiger partial charge on any atom is 0.393 e. The summed E-state index contributed by atoms with van der Waals surface area (Å²) in [5, 5.41) is 4.06. The standard InChI is InChI=1S/C23H27ClFN5O/c1-12(2)29-13(3)27-19-16(25)9-14(10-17(19)29)20-15(24)11-26-22-28-21-18(31-5)7-6-8-23(21,4)30(20)22/h9-12,18,21H,6-8H2,1-5H3/p+1. The Kier molecular flexibility index (Phi) is 4.75. The van der Waals surface area contributed by atoms with Gasteiger partial charge in [0.25, 0.3) is 0 Å². The number of aromatic nitrogens is 4. The van der Waals surface area contributed by atoms with Crippen LogP contribution in [-0.4, -0.2) is 33.8 Å². The van der Waals surface area contributed by atoms with E-state index in [1.807, 2.05) is 13.0 Å². The van der Waals surface area contributed by atoms with Gasteiger partial charge in [-0.15, -0.1) is 0 Å². The maximum absolute atomic E-state index is 15.2. The molecule has 2 aliphatic rings. The van der Waals surface area contributed by atoms with E-state index in [1.54, 1.807) is 19.4 Å². The van der Waals surface area contributed by atoms with Gasteiger partial charge < -0.3 is 9.30 Å². The topological polar surface area (TPSA) is 55.9 Å². The molecule has 0 saturated heterocycles. The lowest BCUT2D eigenvalue weighted by molar-refractivity contribution is -0.735. The van der Waals surface area contributed by atoms with E-state index in [4.69, 9.17) is 16.3 Å². The SMILES string of the molecule is COC1CCCC2(C)C1Nc1ncc(Cl)c(-c3cc(F)c4nc(C)n(C(C)C)c4c3)[n+]12. The monoisotopic (exact) mass is 444 g/mol. The van der Waals surface area contributed by atoms with Crippen molar-refractivity contribution in [1.29, 1.82) is 0 Å². The second-order valence-corrected chi connectivity index (χ2v) is 9.62. The van der Waals surface area contributed by atoms with E-state index in [2.05, 4.69) is 45.2 Å². The van der Waals surface area contributed by atoms with Gasteiger partial charge in [0.1, 0.15) is 39.8 Å². The molecule has 1 fully saturated rings. The Balaban J connectivity index is 1.77. The molecule has 3 aromatic rings. The Hall–Kier alpha value is -2.25. The van der Waals surface area contributed by atoms with Crippen LogP contribution in [0.25, 0.3) is 22.3 Å². The molecule has 3 heterocycles. The first-order chi connectivity index (χ1) is 14.8. The number of nitrogens with zero attached hydrogens (tertiary/aromatic N) is 4. The van der Waals surface area contributed by atoms with Crippen LogP contribution in [0.5, 0.6) is 0 Å². The molecule has 0 spiro atoms. The highest BCUT2D eigenvalue weighted by Crippen LogP contribution is 2.42. The predicted molar refractivity (Wildman–Crippen MR) is 119 cm³/mol. The van der Waals surface area contributed by atoms with Crippen LogP contribution in [0.15, 0.2) is 18.3 Å². The summed E-state index contributed by atoms with van der Waals surface area (Å²) < 4.78 is 25.3. The van der Waals surface area contributed by atoms with Crippen LogP contribution in [-0.2, 0) is 10.3 Å². The number of ether oxygens (including phenoxy) is 1. The van der Waals surface area contributed by atoms with Crippen LogP contribution in [0.2, 0.25) is 5.02 Å². The second kappa shape index (κ2) is 7.14. The molecule has 31 heavy (non-hydrogen) atoms. The molecule has 1 saturated carbocycles. The molecule has 2 aromatic heterocycles. The van der Waals surface area contributed by atoms with Crippen LogP contribution < -0.4 is 9.88 Å². The molecule has 1 aliphatic carbocycles.